The van der Waals surface area contributed by atoms with Gasteiger partial charge in [0.1, 0.15) is 23.4 Å². The highest BCUT2D eigenvalue weighted by molar-refractivity contribution is 5.95. The summed E-state index contributed by atoms with van der Waals surface area (Å²) in [5.74, 6) is -2.21. The maximum absolute atomic E-state index is 14.4. The molecule has 1 spiro atoms. The number of unbranched alkanes of at least 4 members (excludes halogenated alkanes) is 8. The zero-order chi connectivity index (χ0) is 28.8. The normalized spacial score (nSPS) is 40.1. The van der Waals surface area contributed by atoms with Crippen molar-refractivity contribution in [3.63, 3.8) is 0 Å². The number of hydrogen-bond acceptors (Lipinski definition) is 7. The molecule has 39 heavy (non-hydrogen) atoms. The van der Waals surface area contributed by atoms with Gasteiger partial charge in [-0.15, -0.1) is 0 Å². The van der Waals surface area contributed by atoms with E-state index < -0.39 is 52.7 Å². The molecule has 0 amide bonds. The van der Waals surface area contributed by atoms with Crippen LogP contribution < -0.4 is 0 Å². The number of hydrogen-bond donors (Lipinski definition) is 4. The Bertz CT molecular complexity index is 1010. The summed E-state index contributed by atoms with van der Waals surface area (Å²) >= 11 is 0. The van der Waals surface area contributed by atoms with Crippen molar-refractivity contribution in [1.29, 1.82) is 0 Å². The van der Waals surface area contributed by atoms with Gasteiger partial charge < -0.3 is 25.2 Å². The van der Waals surface area contributed by atoms with Crippen LogP contribution in [0.5, 0.6) is 0 Å². The van der Waals surface area contributed by atoms with E-state index in [2.05, 4.69) is 6.92 Å². The van der Waals surface area contributed by atoms with E-state index in [-0.39, 0.29) is 23.2 Å². The van der Waals surface area contributed by atoms with Gasteiger partial charge in [-0.3, -0.25) is 9.59 Å². The molecule has 0 unspecified atom stereocenters. The fourth-order valence-corrected chi connectivity index (χ4v) is 8.56. The molecule has 0 aromatic heterocycles. The number of ether oxygens (including phenoxy) is 1. The second-order valence-electron chi connectivity index (χ2n) is 13.4. The van der Waals surface area contributed by atoms with Gasteiger partial charge in [0.2, 0.25) is 0 Å². The second-order valence-corrected chi connectivity index (χ2v) is 13.4. The lowest BCUT2D eigenvalue weighted by Gasteiger charge is -2.48. The first-order valence-corrected chi connectivity index (χ1v) is 15.2. The first kappa shape index (κ1) is 30.4. The minimum atomic E-state index is -2.21. The fourth-order valence-electron chi connectivity index (χ4n) is 8.56. The second kappa shape index (κ2) is 11.0. The van der Waals surface area contributed by atoms with Gasteiger partial charge in [-0.2, -0.15) is 0 Å². The quantitative estimate of drug-likeness (QED) is 0.162. The zero-order valence-electron chi connectivity index (χ0n) is 24.5. The standard InChI is InChI=1S/C32H50O7/c1-6-7-8-9-10-11-12-13-14-15-24(34)39-31-18-21(3)30-17-20(2)26(35)32(30,38)27(36)22(19-33)16-23(28(30)37)25(31)29(31,4)5/h16-17,21,23,25-27,33,35-36,38H,6-15,18-19H2,1-5H3/t21-,23+,25-,26+,27-,30+,31+,32-/m0/s1. The van der Waals surface area contributed by atoms with Crippen LogP contribution in [0.3, 0.4) is 0 Å². The summed E-state index contributed by atoms with van der Waals surface area (Å²) in [6.07, 6.45) is 11.2. The molecular formula is C32H50O7. The number of carbonyl (C=O) groups is 2. The Morgan fingerprint density at radius 1 is 1.03 bits per heavy atom. The number of aliphatic hydroxyl groups is 4. The predicted molar refractivity (Wildman–Crippen MR) is 149 cm³/mol. The monoisotopic (exact) mass is 546 g/mol. The lowest BCUT2D eigenvalue weighted by atomic mass is 9.59. The Morgan fingerprint density at radius 2 is 1.62 bits per heavy atom. The van der Waals surface area contributed by atoms with E-state index in [0.29, 0.717) is 18.4 Å². The van der Waals surface area contributed by atoms with Gasteiger partial charge in [0.25, 0.3) is 0 Å². The van der Waals surface area contributed by atoms with Gasteiger partial charge >= 0.3 is 5.97 Å². The molecule has 0 saturated heterocycles. The highest BCUT2D eigenvalue weighted by atomic mass is 16.6. The molecule has 4 rings (SSSR count). The lowest BCUT2D eigenvalue weighted by molar-refractivity contribution is -0.191. The largest absolute Gasteiger partial charge is 0.458 e. The molecule has 0 aromatic rings. The number of fused-ring (bicyclic) bond motifs is 3. The van der Waals surface area contributed by atoms with Gasteiger partial charge in [-0.1, -0.05) is 91.2 Å². The molecule has 220 valence electrons. The summed E-state index contributed by atoms with van der Waals surface area (Å²) in [5, 5.41) is 44.5. The number of aliphatic hydroxyl groups excluding tert-OH is 3. The fraction of sp³-hybridized carbons (Fsp3) is 0.812. The van der Waals surface area contributed by atoms with Crippen molar-refractivity contribution >= 4 is 11.8 Å². The predicted octanol–water partition coefficient (Wildman–Crippen LogP) is 4.40. The minimum Gasteiger partial charge on any atom is -0.458 e. The number of esters is 1. The Labute approximate surface area is 233 Å². The highest BCUT2D eigenvalue weighted by Crippen LogP contribution is 2.75. The van der Waals surface area contributed by atoms with E-state index >= 15 is 0 Å². The molecular weight excluding hydrogens is 496 g/mol. The summed E-state index contributed by atoms with van der Waals surface area (Å²) in [4.78, 5) is 27.5. The first-order chi connectivity index (χ1) is 18.4. The van der Waals surface area contributed by atoms with Crippen LogP contribution in [0.2, 0.25) is 0 Å². The summed E-state index contributed by atoms with van der Waals surface area (Å²) in [6.45, 7) is 9.16. The number of Topliss-reactive ketones (excluding diaryl/α,β-unsaturated/α-hetero) is 1. The molecule has 0 aliphatic heterocycles. The molecule has 2 saturated carbocycles. The molecule has 8 atom stereocenters. The van der Waals surface area contributed by atoms with Crippen molar-refractivity contribution in [3.05, 3.63) is 23.3 Å². The third-order valence-electron chi connectivity index (χ3n) is 10.8. The van der Waals surface area contributed by atoms with Crippen molar-refractivity contribution in [2.24, 2.45) is 28.6 Å². The van der Waals surface area contributed by atoms with Gasteiger partial charge in [0.15, 0.2) is 5.78 Å². The van der Waals surface area contributed by atoms with Crippen LogP contribution in [0.15, 0.2) is 23.3 Å². The van der Waals surface area contributed by atoms with Gasteiger partial charge in [0.05, 0.1) is 12.0 Å². The van der Waals surface area contributed by atoms with Crippen molar-refractivity contribution in [1.82, 2.24) is 0 Å². The molecule has 7 heteroatoms. The topological polar surface area (TPSA) is 124 Å². The number of carbonyl (C=O) groups excluding carboxylic acids is 2. The van der Waals surface area contributed by atoms with Gasteiger partial charge in [-0.05, 0) is 36.8 Å². The molecule has 7 nitrogen and oxygen atoms in total. The van der Waals surface area contributed by atoms with Crippen LogP contribution in [0, 0.1) is 28.6 Å². The number of rotatable bonds is 12. The van der Waals surface area contributed by atoms with Crippen LogP contribution in [-0.4, -0.2) is 62.2 Å². The molecule has 0 aromatic carbocycles. The first-order valence-electron chi connectivity index (χ1n) is 15.2. The Balaban J connectivity index is 1.53. The molecule has 2 bridgehead atoms. The van der Waals surface area contributed by atoms with Crippen molar-refractivity contribution in [2.75, 3.05) is 6.61 Å². The molecule has 0 heterocycles. The summed E-state index contributed by atoms with van der Waals surface area (Å²) in [6, 6.07) is 0. The third kappa shape index (κ3) is 4.47. The summed E-state index contributed by atoms with van der Waals surface area (Å²) in [5.41, 5.74) is -4.64. The van der Waals surface area contributed by atoms with Crippen LogP contribution in [-0.2, 0) is 14.3 Å². The molecule has 4 N–H and O–H groups in total. The van der Waals surface area contributed by atoms with Gasteiger partial charge in [0, 0.05) is 23.7 Å². The molecule has 2 fully saturated rings. The third-order valence-corrected chi connectivity index (χ3v) is 10.8. The maximum Gasteiger partial charge on any atom is 0.306 e. The van der Waals surface area contributed by atoms with Gasteiger partial charge in [-0.25, -0.2) is 0 Å². The van der Waals surface area contributed by atoms with E-state index in [9.17, 15) is 30.0 Å². The van der Waals surface area contributed by atoms with Crippen LogP contribution in [0.1, 0.15) is 105 Å². The zero-order valence-corrected chi connectivity index (χ0v) is 24.5. The van der Waals surface area contributed by atoms with E-state index in [1.807, 2.05) is 20.8 Å². The lowest BCUT2D eigenvalue weighted by Crippen LogP contribution is -2.65. The average molecular weight is 547 g/mol. The number of ketones is 1. The van der Waals surface area contributed by atoms with Crippen molar-refractivity contribution in [2.45, 2.75) is 129 Å². The molecule has 4 aliphatic carbocycles. The van der Waals surface area contributed by atoms with E-state index in [0.717, 1.165) is 19.3 Å². The van der Waals surface area contributed by atoms with E-state index in [4.69, 9.17) is 4.74 Å². The van der Waals surface area contributed by atoms with Crippen LogP contribution in [0.25, 0.3) is 0 Å². The summed E-state index contributed by atoms with van der Waals surface area (Å²) in [7, 11) is 0. The Morgan fingerprint density at radius 3 is 2.21 bits per heavy atom. The molecule has 4 aliphatic rings. The number of allylic oxidation sites excluding steroid dienone is 1. The molecule has 0 radical (unpaired) electrons. The van der Waals surface area contributed by atoms with Crippen molar-refractivity contribution in [3.8, 4) is 0 Å². The van der Waals surface area contributed by atoms with Crippen LogP contribution >= 0.6 is 0 Å². The average Bonchev–Trinajstić information content (AvgIpc) is 3.30. The highest BCUT2D eigenvalue weighted by Gasteiger charge is 2.83. The Hall–Kier alpha value is -1.54. The van der Waals surface area contributed by atoms with E-state index in [1.165, 1.54) is 38.5 Å². The van der Waals surface area contributed by atoms with Crippen LogP contribution in [0.4, 0.5) is 0 Å². The van der Waals surface area contributed by atoms with Crippen molar-refractivity contribution < 1.29 is 34.8 Å². The minimum absolute atomic E-state index is 0.117. The van der Waals surface area contributed by atoms with E-state index in [1.54, 1.807) is 19.1 Å². The Kier molecular flexibility index (Phi) is 8.61. The SMILES string of the molecule is CCCCCCCCCCCC(=O)O[C@]12C[C@H](C)[C@@]34C=C(C)[C@@H](O)[C@]3(O)[C@@H](O)C(CO)=C[C@@H](C4=O)[C@H]1C2(C)C. The maximum atomic E-state index is 14.4. The summed E-state index contributed by atoms with van der Waals surface area (Å²) < 4.78 is 6.31. The smallest absolute Gasteiger partial charge is 0.306 e.